The van der Waals surface area contributed by atoms with Crippen molar-refractivity contribution in [3.8, 4) is 0 Å². The lowest BCUT2D eigenvalue weighted by Crippen LogP contribution is -2.48. The summed E-state index contributed by atoms with van der Waals surface area (Å²) in [6, 6.07) is 13.3. The second-order valence-electron chi connectivity index (χ2n) is 9.04. The van der Waals surface area contributed by atoms with Gasteiger partial charge in [-0.25, -0.2) is 13.4 Å². The maximum absolute atomic E-state index is 12.9. The third-order valence-electron chi connectivity index (χ3n) is 5.62. The first-order valence-corrected chi connectivity index (χ1v) is 11.8. The zero-order valence-corrected chi connectivity index (χ0v) is 18.9. The molecule has 1 saturated heterocycles. The van der Waals surface area contributed by atoms with E-state index in [1.807, 2.05) is 19.1 Å². The molecule has 3 aromatic rings. The smallest absolute Gasteiger partial charge is 0.243 e. The highest BCUT2D eigenvalue weighted by Crippen LogP contribution is 2.27. The van der Waals surface area contributed by atoms with Gasteiger partial charge in [-0.05, 0) is 47.7 Å². The van der Waals surface area contributed by atoms with Gasteiger partial charge in [-0.3, -0.25) is 4.90 Å². The topological polar surface area (TPSA) is 66.7 Å². The van der Waals surface area contributed by atoms with Crippen LogP contribution in [0, 0.1) is 6.92 Å². The summed E-state index contributed by atoms with van der Waals surface area (Å²) in [7, 11) is -3.45. The maximum atomic E-state index is 12.9. The van der Waals surface area contributed by atoms with Crippen LogP contribution in [-0.4, -0.2) is 48.8 Å². The molecule has 6 nitrogen and oxygen atoms in total. The summed E-state index contributed by atoms with van der Waals surface area (Å²) < 4.78 is 33.3. The van der Waals surface area contributed by atoms with E-state index in [0.29, 0.717) is 43.5 Å². The predicted octanol–water partition coefficient (Wildman–Crippen LogP) is 3.94. The molecule has 0 radical (unpaired) electrons. The average molecular weight is 428 g/mol. The van der Waals surface area contributed by atoms with Gasteiger partial charge in [0, 0.05) is 26.2 Å². The number of rotatable bonds is 4. The monoisotopic (exact) mass is 427 g/mol. The summed E-state index contributed by atoms with van der Waals surface area (Å²) in [5.74, 6) is 0.672. The van der Waals surface area contributed by atoms with Crippen LogP contribution in [0.2, 0.25) is 0 Å². The van der Waals surface area contributed by atoms with Crippen LogP contribution in [0.1, 0.15) is 37.8 Å². The van der Waals surface area contributed by atoms with E-state index in [-0.39, 0.29) is 5.41 Å². The van der Waals surface area contributed by atoms with Crippen LogP contribution in [-0.2, 0) is 22.0 Å². The van der Waals surface area contributed by atoms with E-state index in [9.17, 15) is 8.42 Å². The van der Waals surface area contributed by atoms with Gasteiger partial charge in [-0.15, -0.1) is 0 Å². The van der Waals surface area contributed by atoms with E-state index in [1.54, 1.807) is 22.5 Å². The Bertz CT molecular complexity index is 1150. The molecule has 1 fully saturated rings. The fourth-order valence-electron chi connectivity index (χ4n) is 3.75. The Balaban J connectivity index is 1.42. The molecule has 2 heterocycles. The van der Waals surface area contributed by atoms with Gasteiger partial charge in [-0.1, -0.05) is 39.0 Å². The fourth-order valence-corrected chi connectivity index (χ4v) is 5.28. The molecule has 0 atom stereocenters. The molecule has 7 heteroatoms. The first-order chi connectivity index (χ1) is 14.1. The lowest BCUT2D eigenvalue weighted by Gasteiger charge is -2.33. The Morgan fingerprint density at radius 1 is 1.03 bits per heavy atom. The van der Waals surface area contributed by atoms with Gasteiger partial charge in [0.05, 0.1) is 11.4 Å². The number of nitrogens with zero attached hydrogens (tertiary/aromatic N) is 3. The number of hydrogen-bond acceptors (Lipinski definition) is 5. The van der Waals surface area contributed by atoms with E-state index in [4.69, 9.17) is 4.42 Å². The van der Waals surface area contributed by atoms with Crippen LogP contribution in [0.3, 0.4) is 0 Å². The van der Waals surface area contributed by atoms with Gasteiger partial charge < -0.3 is 4.42 Å². The van der Waals surface area contributed by atoms with Crippen molar-refractivity contribution in [3.05, 3.63) is 59.5 Å². The van der Waals surface area contributed by atoms with Crippen molar-refractivity contribution >= 4 is 21.1 Å². The highest BCUT2D eigenvalue weighted by molar-refractivity contribution is 7.89. The largest absolute Gasteiger partial charge is 0.439 e. The fraction of sp³-hybridized carbons (Fsp3) is 0.435. The molecule has 1 aliphatic rings. The molecule has 0 spiro atoms. The molecule has 0 bridgehead atoms. The van der Waals surface area contributed by atoms with Gasteiger partial charge in [0.2, 0.25) is 15.9 Å². The minimum Gasteiger partial charge on any atom is -0.439 e. The summed E-state index contributed by atoms with van der Waals surface area (Å²) in [4.78, 5) is 7.22. The highest BCUT2D eigenvalue weighted by atomic mass is 32.2. The van der Waals surface area contributed by atoms with Crippen LogP contribution in [0.15, 0.2) is 51.8 Å². The quantitative estimate of drug-likeness (QED) is 0.631. The molecule has 0 amide bonds. The molecule has 30 heavy (non-hydrogen) atoms. The van der Waals surface area contributed by atoms with Crippen molar-refractivity contribution in [3.63, 3.8) is 0 Å². The summed E-state index contributed by atoms with van der Waals surface area (Å²) in [5, 5.41) is 0. The van der Waals surface area contributed by atoms with Crippen LogP contribution in [0.5, 0.6) is 0 Å². The molecule has 2 aromatic carbocycles. The number of fused-ring (bicyclic) bond motifs is 1. The summed E-state index contributed by atoms with van der Waals surface area (Å²) in [6.45, 7) is 11.3. The number of sulfonamides is 1. The molecule has 0 saturated carbocycles. The van der Waals surface area contributed by atoms with Crippen molar-refractivity contribution in [1.29, 1.82) is 0 Å². The first kappa shape index (κ1) is 21.0. The zero-order chi connectivity index (χ0) is 21.5. The molecule has 0 unspecified atom stereocenters. The number of aromatic nitrogens is 1. The minimum absolute atomic E-state index is 0.0619. The van der Waals surface area contributed by atoms with Crippen LogP contribution < -0.4 is 0 Å². The van der Waals surface area contributed by atoms with Gasteiger partial charge in [0.15, 0.2) is 5.58 Å². The van der Waals surface area contributed by atoms with Crippen molar-refractivity contribution in [2.75, 3.05) is 26.2 Å². The number of hydrogen-bond donors (Lipinski definition) is 0. The van der Waals surface area contributed by atoms with Crippen molar-refractivity contribution < 1.29 is 12.8 Å². The van der Waals surface area contributed by atoms with E-state index in [0.717, 1.165) is 16.7 Å². The third-order valence-corrected chi connectivity index (χ3v) is 7.51. The molecule has 0 aliphatic carbocycles. The summed E-state index contributed by atoms with van der Waals surface area (Å²) >= 11 is 0. The van der Waals surface area contributed by atoms with E-state index >= 15 is 0 Å². The van der Waals surface area contributed by atoms with Crippen LogP contribution >= 0.6 is 0 Å². The first-order valence-electron chi connectivity index (χ1n) is 10.3. The van der Waals surface area contributed by atoms with Crippen molar-refractivity contribution in [2.45, 2.75) is 44.6 Å². The number of aryl methyl sites for hydroxylation is 1. The molecule has 160 valence electrons. The normalized spacial score (nSPS) is 16.9. The van der Waals surface area contributed by atoms with Gasteiger partial charge in [-0.2, -0.15) is 4.31 Å². The standard InChI is InChI=1S/C23H29N3O3S/c1-17-6-5-7-19(14-17)30(27,28)26-12-10-25(11-13-26)16-22-24-20-15-18(23(2,3)4)8-9-21(20)29-22/h5-9,14-15H,10-13,16H2,1-4H3. The molecule has 1 aromatic heterocycles. The Labute approximate surface area is 178 Å². The maximum Gasteiger partial charge on any atom is 0.243 e. The lowest BCUT2D eigenvalue weighted by atomic mass is 9.87. The summed E-state index contributed by atoms with van der Waals surface area (Å²) in [6.07, 6.45) is 0. The van der Waals surface area contributed by atoms with E-state index < -0.39 is 10.0 Å². The molecule has 4 rings (SSSR count). The van der Waals surface area contributed by atoms with Crippen molar-refractivity contribution in [2.24, 2.45) is 0 Å². The van der Waals surface area contributed by atoms with Gasteiger partial charge in [0.1, 0.15) is 5.52 Å². The molecule has 0 N–H and O–H groups in total. The number of piperazine rings is 1. The predicted molar refractivity (Wildman–Crippen MR) is 118 cm³/mol. The van der Waals surface area contributed by atoms with E-state index in [2.05, 4.69) is 42.8 Å². The van der Waals surface area contributed by atoms with Gasteiger partial charge in [0.25, 0.3) is 0 Å². The third kappa shape index (κ3) is 4.29. The molecular weight excluding hydrogens is 398 g/mol. The number of oxazole rings is 1. The molecule has 1 aliphatic heterocycles. The SMILES string of the molecule is Cc1cccc(S(=O)(=O)N2CCN(Cc3nc4cc(C(C)(C)C)ccc4o3)CC2)c1. The molecular formula is C23H29N3O3S. The Kier molecular flexibility index (Phi) is 5.46. The Morgan fingerprint density at radius 3 is 2.43 bits per heavy atom. The van der Waals surface area contributed by atoms with Crippen LogP contribution in [0.25, 0.3) is 11.1 Å². The van der Waals surface area contributed by atoms with Crippen LogP contribution in [0.4, 0.5) is 0 Å². The Hall–Kier alpha value is -2.22. The van der Waals surface area contributed by atoms with Crippen molar-refractivity contribution in [1.82, 2.24) is 14.2 Å². The zero-order valence-electron chi connectivity index (χ0n) is 18.1. The van der Waals surface area contributed by atoms with Gasteiger partial charge >= 0.3 is 0 Å². The minimum atomic E-state index is -3.45. The number of benzene rings is 2. The van der Waals surface area contributed by atoms with E-state index in [1.165, 1.54) is 5.56 Å². The second kappa shape index (κ2) is 7.80. The summed E-state index contributed by atoms with van der Waals surface area (Å²) in [5.41, 5.74) is 3.90. The Morgan fingerprint density at radius 2 is 1.77 bits per heavy atom. The second-order valence-corrected chi connectivity index (χ2v) is 11.0. The lowest BCUT2D eigenvalue weighted by molar-refractivity contribution is 0.169. The highest BCUT2D eigenvalue weighted by Gasteiger charge is 2.29. The average Bonchev–Trinajstić information content (AvgIpc) is 3.09.